The lowest BCUT2D eigenvalue weighted by Gasteiger charge is -2.09. The Bertz CT molecular complexity index is 275. The number of aliphatic hydroxyl groups excluding tert-OH is 1. The van der Waals surface area contributed by atoms with E-state index >= 15 is 0 Å². The molecule has 1 rings (SSSR count). The van der Waals surface area contributed by atoms with Gasteiger partial charge in [-0.1, -0.05) is 6.92 Å². The van der Waals surface area contributed by atoms with Crippen LogP contribution in [0.3, 0.4) is 0 Å². The van der Waals surface area contributed by atoms with E-state index in [1.807, 2.05) is 0 Å². The van der Waals surface area contributed by atoms with E-state index in [-0.39, 0.29) is 12.4 Å². The van der Waals surface area contributed by atoms with Crippen LogP contribution in [0.15, 0.2) is 18.2 Å². The number of halogens is 2. The number of benzene rings is 1. The summed E-state index contributed by atoms with van der Waals surface area (Å²) in [6.07, 6.45) is 0. The van der Waals surface area contributed by atoms with Crippen molar-refractivity contribution in [3.8, 4) is 0 Å². The topological polar surface area (TPSA) is 20.2 Å². The molecule has 3 heteroatoms. The molecule has 0 saturated heterocycles. The molecule has 0 saturated carbocycles. The van der Waals surface area contributed by atoms with Crippen molar-refractivity contribution in [3.63, 3.8) is 0 Å². The van der Waals surface area contributed by atoms with E-state index in [2.05, 4.69) is 22.6 Å². The minimum atomic E-state index is -0.266. The van der Waals surface area contributed by atoms with E-state index in [1.54, 1.807) is 13.0 Å². The van der Waals surface area contributed by atoms with Gasteiger partial charge in [-0.15, -0.1) is 0 Å². The van der Waals surface area contributed by atoms with E-state index in [1.165, 1.54) is 12.1 Å². The van der Waals surface area contributed by atoms with Crippen molar-refractivity contribution >= 4 is 22.6 Å². The van der Waals surface area contributed by atoms with Crippen LogP contribution in [-0.2, 0) is 0 Å². The minimum Gasteiger partial charge on any atom is -0.395 e. The minimum absolute atomic E-state index is 0.0283. The van der Waals surface area contributed by atoms with Crippen LogP contribution in [-0.4, -0.2) is 11.7 Å². The van der Waals surface area contributed by atoms with Crippen molar-refractivity contribution in [2.75, 3.05) is 6.61 Å². The van der Waals surface area contributed by atoms with Crippen molar-refractivity contribution in [2.45, 2.75) is 6.92 Å². The number of hydrogen-bond acceptors (Lipinski definition) is 1. The van der Waals surface area contributed by atoms with E-state index in [4.69, 9.17) is 5.11 Å². The number of rotatable bonds is 2. The zero-order valence-electron chi connectivity index (χ0n) is 6.64. The Hall–Kier alpha value is -0.160. The molecule has 0 amide bonds. The van der Waals surface area contributed by atoms with E-state index < -0.39 is 0 Å². The average molecular weight is 279 g/mol. The zero-order chi connectivity index (χ0) is 9.14. The summed E-state index contributed by atoms with van der Waals surface area (Å²) in [6.45, 7) is 1.76. The molecule has 1 nitrogen and oxygen atoms in total. The van der Waals surface area contributed by atoms with Crippen molar-refractivity contribution < 1.29 is 9.50 Å². The van der Waals surface area contributed by atoms with Crippen LogP contribution in [0.25, 0.3) is 0 Å². The summed E-state index contributed by atoms with van der Waals surface area (Å²) in [7, 11) is 0. The predicted molar refractivity (Wildman–Crippen MR) is 54.2 cm³/mol. The van der Waals surface area contributed by atoms with Gasteiger partial charge in [0.2, 0.25) is 0 Å². The largest absolute Gasteiger partial charge is 0.395 e. The van der Waals surface area contributed by atoms with Gasteiger partial charge in [0, 0.05) is 9.49 Å². The molecular formula is C9H9FIO. The SMILES string of the molecule is C[C](CO)c1cc(F)ccc1I. The average Bonchev–Trinajstić information content (AvgIpc) is 2.08. The van der Waals surface area contributed by atoms with Gasteiger partial charge in [0.1, 0.15) is 5.82 Å². The molecule has 1 aromatic rings. The molecule has 0 aliphatic rings. The molecule has 65 valence electrons. The summed E-state index contributed by atoms with van der Waals surface area (Å²) in [5.74, 6) is 0.525. The fourth-order valence-corrected chi connectivity index (χ4v) is 1.71. The Kier molecular flexibility index (Phi) is 3.46. The molecule has 0 bridgehead atoms. The molecular weight excluding hydrogens is 270 g/mol. The lowest BCUT2D eigenvalue weighted by molar-refractivity contribution is 0.314. The first-order chi connectivity index (χ1) is 5.65. The molecule has 1 radical (unpaired) electrons. The quantitative estimate of drug-likeness (QED) is 0.824. The molecule has 0 aliphatic carbocycles. The van der Waals surface area contributed by atoms with Gasteiger partial charge >= 0.3 is 0 Å². The Labute approximate surface area is 84.7 Å². The summed E-state index contributed by atoms with van der Waals surface area (Å²) in [5, 5.41) is 8.84. The summed E-state index contributed by atoms with van der Waals surface area (Å²) >= 11 is 2.12. The molecule has 0 heterocycles. The third-order valence-electron chi connectivity index (χ3n) is 1.63. The first-order valence-corrected chi connectivity index (χ1v) is 4.61. The monoisotopic (exact) mass is 279 g/mol. The van der Waals surface area contributed by atoms with Gasteiger partial charge < -0.3 is 5.11 Å². The summed E-state index contributed by atoms with van der Waals surface area (Å²) in [6, 6.07) is 4.55. The van der Waals surface area contributed by atoms with Crippen LogP contribution in [0.2, 0.25) is 0 Å². The molecule has 1 aromatic carbocycles. The van der Waals surface area contributed by atoms with Crippen LogP contribution < -0.4 is 0 Å². The third-order valence-corrected chi connectivity index (χ3v) is 2.57. The van der Waals surface area contributed by atoms with Gasteiger partial charge in [-0.05, 0) is 46.4 Å². The van der Waals surface area contributed by atoms with Crippen molar-refractivity contribution in [2.24, 2.45) is 0 Å². The molecule has 1 N–H and O–H groups in total. The van der Waals surface area contributed by atoms with Crippen molar-refractivity contribution in [3.05, 3.63) is 39.1 Å². The van der Waals surface area contributed by atoms with Gasteiger partial charge in [-0.25, -0.2) is 4.39 Å². The van der Waals surface area contributed by atoms with Gasteiger partial charge in [0.05, 0.1) is 6.61 Å². The highest BCUT2D eigenvalue weighted by Crippen LogP contribution is 2.21. The lowest BCUT2D eigenvalue weighted by Crippen LogP contribution is -2.02. The summed E-state index contributed by atoms with van der Waals surface area (Å²) in [5.41, 5.74) is 0.790. The van der Waals surface area contributed by atoms with E-state index in [0.717, 1.165) is 15.1 Å². The Morgan fingerprint density at radius 1 is 1.58 bits per heavy atom. The molecule has 0 spiro atoms. The fourth-order valence-electron chi connectivity index (χ4n) is 0.910. The van der Waals surface area contributed by atoms with Gasteiger partial charge in [0.15, 0.2) is 0 Å². The molecule has 0 fully saturated rings. The molecule has 0 aliphatic heterocycles. The second-order valence-electron chi connectivity index (χ2n) is 2.56. The third kappa shape index (κ3) is 2.17. The number of hydrogen-bond donors (Lipinski definition) is 1. The van der Waals surface area contributed by atoms with E-state index in [9.17, 15) is 4.39 Å². The first kappa shape index (κ1) is 9.92. The van der Waals surface area contributed by atoms with Crippen LogP contribution >= 0.6 is 22.6 Å². The maximum Gasteiger partial charge on any atom is 0.123 e. The normalized spacial score (nSPS) is 10.8. The van der Waals surface area contributed by atoms with Gasteiger partial charge in [-0.3, -0.25) is 0 Å². The molecule has 0 unspecified atom stereocenters. The lowest BCUT2D eigenvalue weighted by atomic mass is 10.0. The summed E-state index contributed by atoms with van der Waals surface area (Å²) < 4.78 is 13.7. The fraction of sp³-hybridized carbons (Fsp3) is 0.222. The van der Waals surface area contributed by atoms with Crippen molar-refractivity contribution in [1.82, 2.24) is 0 Å². The Balaban J connectivity index is 3.04. The number of aliphatic hydroxyl groups is 1. The predicted octanol–water partition coefficient (Wildman–Crippen LogP) is 2.37. The second-order valence-corrected chi connectivity index (χ2v) is 3.72. The maximum absolute atomic E-state index is 12.7. The molecule has 0 atom stereocenters. The van der Waals surface area contributed by atoms with E-state index in [0.29, 0.717) is 0 Å². The van der Waals surface area contributed by atoms with Crippen LogP contribution in [0.5, 0.6) is 0 Å². The first-order valence-electron chi connectivity index (χ1n) is 3.54. The Morgan fingerprint density at radius 2 is 2.25 bits per heavy atom. The highest BCUT2D eigenvalue weighted by atomic mass is 127. The van der Waals surface area contributed by atoms with Crippen LogP contribution in [0.4, 0.5) is 4.39 Å². The van der Waals surface area contributed by atoms with Gasteiger partial charge in [0.25, 0.3) is 0 Å². The molecule has 0 aromatic heterocycles. The maximum atomic E-state index is 12.7. The smallest absolute Gasteiger partial charge is 0.123 e. The highest BCUT2D eigenvalue weighted by molar-refractivity contribution is 14.1. The van der Waals surface area contributed by atoms with Crippen molar-refractivity contribution in [1.29, 1.82) is 0 Å². The van der Waals surface area contributed by atoms with Crippen LogP contribution in [0, 0.1) is 15.3 Å². The van der Waals surface area contributed by atoms with Crippen LogP contribution in [0.1, 0.15) is 12.5 Å². The summed E-state index contributed by atoms with van der Waals surface area (Å²) in [4.78, 5) is 0. The van der Waals surface area contributed by atoms with Gasteiger partial charge in [-0.2, -0.15) is 0 Å². The standard InChI is InChI=1S/C9H9FIO/c1-6(5-12)8-4-7(10)2-3-9(8)11/h2-4,12H,5H2,1H3. The zero-order valence-corrected chi connectivity index (χ0v) is 8.80. The second kappa shape index (κ2) is 4.18. The molecule has 12 heavy (non-hydrogen) atoms. The highest BCUT2D eigenvalue weighted by Gasteiger charge is 2.09. The Morgan fingerprint density at radius 3 is 2.83 bits per heavy atom.